The van der Waals surface area contributed by atoms with Gasteiger partial charge < -0.3 is 34.3 Å². The monoisotopic (exact) mass is 628 g/mol. The maximum atomic E-state index is 13.6. The molecular weight excluding hydrogens is 597 g/mol. The summed E-state index contributed by atoms with van der Waals surface area (Å²) in [5.41, 5.74) is 1.51. The molecule has 1 unspecified atom stereocenters. The second kappa shape index (κ2) is 15.1. The molecule has 43 heavy (non-hydrogen) atoms. The number of anilines is 1. The van der Waals surface area contributed by atoms with Gasteiger partial charge in [0.1, 0.15) is 18.1 Å². The number of ether oxygens (including phenoxy) is 4. The van der Waals surface area contributed by atoms with Gasteiger partial charge in [0.2, 0.25) is 0 Å². The minimum Gasteiger partial charge on any atom is -0.495 e. The lowest BCUT2D eigenvalue weighted by Gasteiger charge is -2.29. The van der Waals surface area contributed by atoms with Crippen LogP contribution in [0.15, 0.2) is 42.5 Å². The Kier molecular flexibility index (Phi) is 12.4. The van der Waals surface area contributed by atoms with Crippen molar-refractivity contribution in [2.75, 3.05) is 45.3 Å². The zero-order valence-corrected chi connectivity index (χ0v) is 23.4. The van der Waals surface area contributed by atoms with Gasteiger partial charge in [-0.05, 0) is 49.2 Å². The fourth-order valence-electron chi connectivity index (χ4n) is 3.60. The summed E-state index contributed by atoms with van der Waals surface area (Å²) < 4.78 is 110. The average molecular weight is 629 g/mol. The molecule has 0 saturated carbocycles. The van der Waals surface area contributed by atoms with Crippen molar-refractivity contribution in [2.45, 2.75) is 44.6 Å². The number of hydrogen-bond donors (Lipinski definition) is 2. The molecule has 0 aliphatic heterocycles. The third-order valence-electron chi connectivity index (χ3n) is 5.87. The molecule has 16 heteroatoms. The van der Waals surface area contributed by atoms with E-state index in [0.29, 0.717) is 11.1 Å². The summed E-state index contributed by atoms with van der Waals surface area (Å²) in [6.07, 6.45) is -13.4. The first-order valence-electron chi connectivity index (χ1n) is 12.8. The number of alkyl halides is 7. The van der Waals surface area contributed by atoms with E-state index in [4.69, 9.17) is 14.2 Å². The summed E-state index contributed by atoms with van der Waals surface area (Å²) in [6, 6.07) is 9.98. The number of nitrogens with zero attached hydrogens (tertiary/aromatic N) is 1. The van der Waals surface area contributed by atoms with Crippen LogP contribution in [0.2, 0.25) is 0 Å². The second-order valence-electron chi connectivity index (χ2n) is 9.04. The van der Waals surface area contributed by atoms with Crippen LogP contribution in [0.4, 0.5) is 41.2 Å². The molecule has 0 heterocycles. The van der Waals surface area contributed by atoms with E-state index < -0.39 is 49.5 Å². The summed E-state index contributed by atoms with van der Waals surface area (Å²) >= 11 is 0. The molecule has 0 saturated heterocycles. The number of benzene rings is 2. The second-order valence-corrected chi connectivity index (χ2v) is 9.04. The summed E-state index contributed by atoms with van der Waals surface area (Å²) in [7, 11) is 1.33. The van der Waals surface area contributed by atoms with Crippen molar-refractivity contribution < 1.29 is 64.4 Å². The lowest BCUT2D eigenvalue weighted by atomic mass is 10.1. The molecule has 0 spiro atoms. The summed E-state index contributed by atoms with van der Waals surface area (Å²) in [4.78, 5) is 25.1. The van der Waals surface area contributed by atoms with Crippen LogP contribution in [0.1, 0.15) is 18.1 Å². The number of hydrogen-bond acceptors (Lipinski definition) is 6. The molecule has 0 aliphatic rings. The standard InChI is InChI=1S/C27H31F7N2O7/c1-4-41-22(23(37)38)16-18-6-8-19(9-7-18)42-13-11-36(12-14-43-27(33,34)25(28,29)26(30,31)32)24(39)35-20-15-17(2)5-10-21(20)40-3/h5-10,15,22H,4,11-14,16H2,1-3H3,(H,35,39)(H,37,38). The van der Waals surface area contributed by atoms with Crippen molar-refractivity contribution in [1.82, 2.24) is 4.90 Å². The predicted molar refractivity (Wildman–Crippen MR) is 139 cm³/mol. The smallest absolute Gasteiger partial charge is 0.462 e. The molecule has 0 bridgehead atoms. The Labute approximate surface area is 242 Å². The first kappa shape index (κ1) is 35.4. The highest BCUT2D eigenvalue weighted by atomic mass is 19.4. The van der Waals surface area contributed by atoms with E-state index >= 15 is 0 Å². The number of carbonyl (C=O) groups is 2. The highest BCUT2D eigenvalue weighted by Crippen LogP contribution is 2.46. The van der Waals surface area contributed by atoms with E-state index in [1.807, 2.05) is 0 Å². The Morgan fingerprint density at radius 2 is 1.60 bits per heavy atom. The number of aryl methyl sites for hydroxylation is 1. The van der Waals surface area contributed by atoms with Gasteiger partial charge in [-0.25, -0.2) is 9.59 Å². The van der Waals surface area contributed by atoms with Gasteiger partial charge in [0.15, 0.2) is 6.10 Å². The van der Waals surface area contributed by atoms with E-state index in [2.05, 4.69) is 10.1 Å². The molecule has 0 fully saturated rings. The van der Waals surface area contributed by atoms with Crippen molar-refractivity contribution >= 4 is 17.7 Å². The van der Waals surface area contributed by atoms with Gasteiger partial charge >= 0.3 is 30.2 Å². The maximum Gasteiger partial charge on any atom is 0.462 e. The number of methoxy groups -OCH3 is 1. The number of amides is 2. The van der Waals surface area contributed by atoms with Crippen LogP contribution in [-0.4, -0.2) is 86.3 Å². The van der Waals surface area contributed by atoms with Crippen LogP contribution in [-0.2, 0) is 20.7 Å². The Hall–Kier alpha value is -3.79. The van der Waals surface area contributed by atoms with Gasteiger partial charge in [0.05, 0.1) is 25.9 Å². The molecule has 9 nitrogen and oxygen atoms in total. The number of aliphatic carboxylic acids is 1. The first-order valence-corrected chi connectivity index (χ1v) is 12.8. The fraction of sp³-hybridized carbons (Fsp3) is 0.481. The molecule has 0 aromatic heterocycles. The Morgan fingerprint density at radius 1 is 0.977 bits per heavy atom. The number of halogens is 7. The number of nitrogens with one attached hydrogen (secondary N) is 1. The van der Waals surface area contributed by atoms with E-state index in [1.165, 1.54) is 31.4 Å². The van der Waals surface area contributed by atoms with Crippen molar-refractivity contribution in [2.24, 2.45) is 0 Å². The number of carboxylic acids is 1. The summed E-state index contributed by atoms with van der Waals surface area (Å²) in [6.45, 7) is 0.772. The SMILES string of the molecule is CCOC(Cc1ccc(OCCN(CCOC(F)(F)C(F)(F)C(F)(F)F)C(=O)Nc2cc(C)ccc2OC)cc1)C(=O)O. The van der Waals surface area contributed by atoms with Crippen molar-refractivity contribution in [3.63, 3.8) is 0 Å². The molecular formula is C27H31F7N2O7. The average Bonchev–Trinajstić information content (AvgIpc) is 2.92. The van der Waals surface area contributed by atoms with Crippen molar-refractivity contribution in [3.8, 4) is 11.5 Å². The first-order chi connectivity index (χ1) is 20.0. The topological polar surface area (TPSA) is 107 Å². The Morgan fingerprint density at radius 3 is 2.16 bits per heavy atom. The van der Waals surface area contributed by atoms with Gasteiger partial charge in [-0.2, -0.15) is 30.7 Å². The molecule has 240 valence electrons. The Balaban J connectivity index is 2.11. The highest BCUT2D eigenvalue weighted by Gasteiger charge is 2.74. The molecule has 0 radical (unpaired) electrons. The molecule has 2 aromatic rings. The molecule has 2 amide bonds. The normalized spacial score (nSPS) is 12.9. The lowest BCUT2D eigenvalue weighted by Crippen LogP contribution is -2.54. The predicted octanol–water partition coefficient (Wildman–Crippen LogP) is 5.76. The Bertz CT molecular complexity index is 1210. The van der Waals surface area contributed by atoms with Crippen molar-refractivity contribution in [1.29, 1.82) is 0 Å². The third-order valence-corrected chi connectivity index (χ3v) is 5.87. The van der Waals surface area contributed by atoms with Gasteiger partial charge in [-0.15, -0.1) is 0 Å². The van der Waals surface area contributed by atoms with E-state index in [0.717, 1.165) is 4.90 Å². The third kappa shape index (κ3) is 9.88. The molecule has 2 aromatic carbocycles. The van der Waals surface area contributed by atoms with Gasteiger partial charge in [-0.3, -0.25) is 0 Å². The lowest BCUT2D eigenvalue weighted by molar-refractivity contribution is -0.423. The number of carboxylic acid groups (broad SMARTS) is 1. The van der Waals surface area contributed by atoms with E-state index in [-0.39, 0.29) is 43.4 Å². The van der Waals surface area contributed by atoms with Crippen LogP contribution in [0.3, 0.4) is 0 Å². The molecule has 1 atom stereocenters. The largest absolute Gasteiger partial charge is 0.495 e. The zero-order valence-electron chi connectivity index (χ0n) is 23.4. The van der Waals surface area contributed by atoms with Crippen LogP contribution in [0.5, 0.6) is 11.5 Å². The molecule has 2 rings (SSSR count). The van der Waals surface area contributed by atoms with Crippen LogP contribution < -0.4 is 14.8 Å². The van der Waals surface area contributed by atoms with Gasteiger partial charge in [0, 0.05) is 19.6 Å². The summed E-state index contributed by atoms with van der Waals surface area (Å²) in [5, 5.41) is 11.7. The maximum absolute atomic E-state index is 13.6. The number of carbonyl (C=O) groups excluding carboxylic acids is 1. The van der Waals surface area contributed by atoms with Gasteiger partial charge in [-0.1, -0.05) is 18.2 Å². The van der Waals surface area contributed by atoms with Crippen molar-refractivity contribution in [3.05, 3.63) is 53.6 Å². The highest BCUT2D eigenvalue weighted by molar-refractivity contribution is 5.91. The fourth-order valence-corrected chi connectivity index (χ4v) is 3.60. The zero-order chi connectivity index (χ0) is 32.4. The quantitative estimate of drug-likeness (QED) is 0.228. The number of rotatable bonds is 16. The van der Waals surface area contributed by atoms with Gasteiger partial charge in [0.25, 0.3) is 0 Å². The minimum atomic E-state index is -6.57. The minimum absolute atomic E-state index is 0.0812. The van der Waals surface area contributed by atoms with Crippen LogP contribution in [0.25, 0.3) is 0 Å². The van der Waals surface area contributed by atoms with E-state index in [9.17, 15) is 45.4 Å². The van der Waals surface area contributed by atoms with Crippen LogP contribution in [0, 0.1) is 6.92 Å². The van der Waals surface area contributed by atoms with Crippen LogP contribution >= 0.6 is 0 Å². The molecule has 2 N–H and O–H groups in total. The number of urea groups is 1. The van der Waals surface area contributed by atoms with E-state index in [1.54, 1.807) is 32.0 Å². The summed E-state index contributed by atoms with van der Waals surface area (Å²) in [5.74, 6) is -7.09. The molecule has 0 aliphatic carbocycles.